The van der Waals surface area contributed by atoms with E-state index in [4.69, 9.17) is 0 Å². The van der Waals surface area contributed by atoms with E-state index < -0.39 is 7.92 Å². The number of rotatable bonds is 5. The van der Waals surface area contributed by atoms with Crippen LogP contribution in [0.3, 0.4) is 0 Å². The first-order chi connectivity index (χ1) is 13.7. The number of hydrogen-bond donors (Lipinski definition) is 0. The van der Waals surface area contributed by atoms with Crippen molar-refractivity contribution in [2.45, 2.75) is 13.0 Å². The Bertz CT molecular complexity index is 857. The van der Waals surface area contributed by atoms with Crippen molar-refractivity contribution in [1.82, 2.24) is 4.90 Å². The van der Waals surface area contributed by atoms with Crippen molar-refractivity contribution in [3.05, 3.63) is 115 Å². The van der Waals surface area contributed by atoms with Crippen LogP contribution in [-0.4, -0.2) is 19.0 Å². The monoisotopic (exact) mass is 441 g/mol. The van der Waals surface area contributed by atoms with Gasteiger partial charge in [-0.05, 0) is 38.7 Å². The Kier molecular flexibility index (Phi) is 9.58. The van der Waals surface area contributed by atoms with Crippen LogP contribution in [0, 0.1) is 0 Å². The molecular weight excluding hydrogens is 413 g/mol. The number of hydrogen-bond acceptors (Lipinski definition) is 1. The predicted octanol–water partition coefficient (Wildman–Crippen LogP) is 5.19. The van der Waals surface area contributed by atoms with Crippen molar-refractivity contribution < 1.29 is 17.1 Å². The van der Waals surface area contributed by atoms with E-state index in [1.54, 1.807) is 0 Å². The summed E-state index contributed by atoms with van der Waals surface area (Å²) in [5.41, 5.74) is 1.44. The molecule has 0 amide bonds. The van der Waals surface area contributed by atoms with Gasteiger partial charge in [0.2, 0.25) is 0 Å². The van der Waals surface area contributed by atoms with Gasteiger partial charge in [0.15, 0.2) is 0 Å². The molecule has 0 radical (unpaired) electrons. The summed E-state index contributed by atoms with van der Waals surface area (Å²) in [5.74, 6) is 0. The minimum absolute atomic E-state index is 0. The van der Waals surface area contributed by atoms with Crippen molar-refractivity contribution >= 4 is 23.8 Å². The summed E-state index contributed by atoms with van der Waals surface area (Å²) < 4.78 is 0. The van der Waals surface area contributed by atoms with Gasteiger partial charge in [0.25, 0.3) is 0 Å². The standard InChI is InChI=1S/C21H23NP.C5H5.Fe/c1-17(22(2)3)20-15-10-16-21(20)23(18-11-6-4-7-12-18)19-13-8-5-9-14-19;1-2-4-5-3-1;/h4-17H,1-3H3;1-5H;/q-1;-5;. The second-order valence-electron chi connectivity index (χ2n) is 6.97. The van der Waals surface area contributed by atoms with Crippen molar-refractivity contribution in [1.29, 1.82) is 0 Å². The van der Waals surface area contributed by atoms with E-state index in [1.807, 2.05) is 30.3 Å². The number of benzene rings is 2. The summed E-state index contributed by atoms with van der Waals surface area (Å²) in [6.07, 6.45) is 0. The first kappa shape index (κ1) is 23.3. The van der Waals surface area contributed by atoms with Gasteiger partial charge in [0, 0.05) is 17.1 Å². The van der Waals surface area contributed by atoms with E-state index >= 15 is 0 Å². The van der Waals surface area contributed by atoms with Gasteiger partial charge >= 0.3 is 0 Å². The maximum absolute atomic E-state index is 2.31. The molecule has 0 aliphatic rings. The second kappa shape index (κ2) is 11.9. The summed E-state index contributed by atoms with van der Waals surface area (Å²) in [6, 6.07) is 39.0. The predicted molar refractivity (Wildman–Crippen MR) is 125 cm³/mol. The van der Waals surface area contributed by atoms with Crippen molar-refractivity contribution in [2.24, 2.45) is 0 Å². The summed E-state index contributed by atoms with van der Waals surface area (Å²) in [5, 5.41) is 4.29. The maximum Gasteiger partial charge on any atom is 0 e. The average molecular weight is 441 g/mol. The van der Waals surface area contributed by atoms with Crippen LogP contribution in [0.15, 0.2) is 109 Å². The summed E-state index contributed by atoms with van der Waals surface area (Å²) in [4.78, 5) is 2.28. The minimum Gasteiger partial charge on any atom is -0.748 e. The molecule has 0 spiro atoms. The normalized spacial score (nSPS) is 11.5. The largest absolute Gasteiger partial charge is 0.748 e. The fraction of sp³-hybridized carbons (Fsp3) is 0.154. The molecule has 1 nitrogen and oxygen atoms in total. The van der Waals surface area contributed by atoms with E-state index in [0.717, 1.165) is 0 Å². The Labute approximate surface area is 187 Å². The molecular formula is C26H28FeNP-6. The Morgan fingerprint density at radius 1 is 0.724 bits per heavy atom. The average Bonchev–Trinajstić information content (AvgIpc) is 3.45. The molecule has 0 aromatic heterocycles. The second-order valence-corrected chi connectivity index (χ2v) is 9.16. The van der Waals surface area contributed by atoms with Gasteiger partial charge in [0.05, 0.1) is 0 Å². The van der Waals surface area contributed by atoms with Gasteiger partial charge < -0.3 is 35.2 Å². The van der Waals surface area contributed by atoms with Crippen molar-refractivity contribution in [3.8, 4) is 0 Å². The molecule has 1 unspecified atom stereocenters. The van der Waals surface area contributed by atoms with Crippen molar-refractivity contribution in [2.75, 3.05) is 14.1 Å². The third kappa shape index (κ3) is 6.26. The van der Waals surface area contributed by atoms with E-state index in [9.17, 15) is 0 Å². The van der Waals surface area contributed by atoms with E-state index in [1.165, 1.54) is 21.5 Å². The first-order valence-electron chi connectivity index (χ1n) is 9.67. The fourth-order valence-electron chi connectivity index (χ4n) is 3.16. The molecule has 3 heteroatoms. The van der Waals surface area contributed by atoms with Gasteiger partial charge in [-0.15, -0.1) is 10.9 Å². The SMILES string of the molecule is CC([c-]1cccc1P(c1ccccc1)c1ccccc1)N(C)C.[Fe].[cH-]1[cH-][cH-][cH-][cH-]1. The molecule has 0 heterocycles. The summed E-state index contributed by atoms with van der Waals surface area (Å²) >= 11 is 0. The van der Waals surface area contributed by atoms with Crippen LogP contribution in [-0.2, 0) is 17.1 Å². The van der Waals surface area contributed by atoms with Crippen LogP contribution < -0.4 is 15.9 Å². The molecule has 4 aromatic carbocycles. The quantitative estimate of drug-likeness (QED) is 0.234. The molecule has 0 aliphatic heterocycles. The topological polar surface area (TPSA) is 3.24 Å². The zero-order chi connectivity index (χ0) is 19.8. The van der Waals surface area contributed by atoms with Gasteiger partial charge in [0.1, 0.15) is 0 Å². The maximum atomic E-state index is 2.31. The first-order valence-corrected chi connectivity index (χ1v) is 11.0. The van der Waals surface area contributed by atoms with Crippen LogP contribution in [0.4, 0.5) is 0 Å². The molecule has 0 aliphatic carbocycles. The molecule has 4 aromatic rings. The zero-order valence-electron chi connectivity index (χ0n) is 17.2. The van der Waals surface area contributed by atoms with Gasteiger partial charge in [-0.25, -0.2) is 12.1 Å². The Hall–Kier alpha value is -1.95. The Morgan fingerprint density at radius 2 is 1.17 bits per heavy atom. The Morgan fingerprint density at radius 3 is 1.59 bits per heavy atom. The van der Waals surface area contributed by atoms with E-state index in [2.05, 4.69) is 105 Å². The summed E-state index contributed by atoms with van der Waals surface area (Å²) in [7, 11) is 3.78. The van der Waals surface area contributed by atoms with Gasteiger partial charge in [-0.2, -0.15) is 6.07 Å². The van der Waals surface area contributed by atoms with Crippen LogP contribution in [0.25, 0.3) is 0 Å². The van der Waals surface area contributed by atoms with Crippen LogP contribution in [0.1, 0.15) is 18.5 Å². The van der Waals surface area contributed by atoms with Crippen LogP contribution in [0.5, 0.6) is 0 Å². The van der Waals surface area contributed by atoms with E-state index in [0.29, 0.717) is 6.04 Å². The molecule has 0 saturated heterocycles. The summed E-state index contributed by atoms with van der Waals surface area (Å²) in [6.45, 7) is 2.28. The molecule has 156 valence electrons. The number of nitrogens with zero attached hydrogens (tertiary/aromatic N) is 1. The Balaban J connectivity index is 0.000000437. The molecule has 0 fully saturated rings. The minimum atomic E-state index is -0.514. The zero-order valence-corrected chi connectivity index (χ0v) is 19.2. The van der Waals surface area contributed by atoms with Crippen LogP contribution >= 0.6 is 7.92 Å². The smallest absolute Gasteiger partial charge is 0 e. The van der Waals surface area contributed by atoms with Crippen molar-refractivity contribution in [3.63, 3.8) is 0 Å². The molecule has 1 atom stereocenters. The molecule has 29 heavy (non-hydrogen) atoms. The van der Waals surface area contributed by atoms with Gasteiger partial charge in [-0.3, -0.25) is 0 Å². The molecule has 0 saturated carbocycles. The third-order valence-corrected chi connectivity index (χ3v) is 7.39. The van der Waals surface area contributed by atoms with E-state index in [-0.39, 0.29) is 17.1 Å². The van der Waals surface area contributed by atoms with Crippen LogP contribution in [0.2, 0.25) is 0 Å². The molecule has 0 N–H and O–H groups in total. The third-order valence-electron chi connectivity index (χ3n) is 4.88. The van der Waals surface area contributed by atoms with Gasteiger partial charge in [-0.1, -0.05) is 67.6 Å². The molecule has 4 rings (SSSR count). The molecule has 0 bridgehead atoms. The fourth-order valence-corrected chi connectivity index (χ4v) is 5.71.